The minimum Gasteiger partial charge on any atom is -0.492 e. The third kappa shape index (κ3) is 2.93. The van der Waals surface area contributed by atoms with Crippen LogP contribution in [0.1, 0.15) is 13.3 Å². The van der Waals surface area contributed by atoms with Crippen molar-refractivity contribution in [2.24, 2.45) is 5.73 Å². The van der Waals surface area contributed by atoms with E-state index >= 15 is 0 Å². The van der Waals surface area contributed by atoms with Gasteiger partial charge in [-0.15, -0.1) is 0 Å². The van der Waals surface area contributed by atoms with Crippen LogP contribution in [-0.4, -0.2) is 12.6 Å². The Hall–Kier alpha value is -1.02. The number of nitrogens with two attached hydrogens (primary N) is 1. The van der Waals surface area contributed by atoms with E-state index in [1.807, 2.05) is 30.3 Å². The first-order valence-electron chi connectivity index (χ1n) is 4.26. The molecule has 2 heteroatoms. The SMILES string of the molecule is CC[C@H](N)COc1ccccc1. The number of rotatable bonds is 4. The van der Waals surface area contributed by atoms with Gasteiger partial charge in [-0.1, -0.05) is 25.1 Å². The molecule has 0 aliphatic carbocycles. The van der Waals surface area contributed by atoms with Crippen molar-refractivity contribution in [3.8, 4) is 5.75 Å². The Kier molecular flexibility index (Phi) is 3.61. The van der Waals surface area contributed by atoms with E-state index in [0.717, 1.165) is 12.2 Å². The van der Waals surface area contributed by atoms with Crippen LogP contribution in [0, 0.1) is 0 Å². The van der Waals surface area contributed by atoms with E-state index in [9.17, 15) is 0 Å². The van der Waals surface area contributed by atoms with Crippen LogP contribution in [0.4, 0.5) is 0 Å². The zero-order chi connectivity index (χ0) is 8.81. The lowest BCUT2D eigenvalue weighted by Crippen LogP contribution is -2.26. The molecule has 0 bridgehead atoms. The first-order chi connectivity index (χ1) is 5.83. The Morgan fingerprint density at radius 1 is 1.33 bits per heavy atom. The first kappa shape index (κ1) is 9.07. The van der Waals surface area contributed by atoms with E-state index in [1.54, 1.807) is 0 Å². The molecular weight excluding hydrogens is 150 g/mol. The van der Waals surface area contributed by atoms with Crippen LogP contribution in [0.15, 0.2) is 30.3 Å². The quantitative estimate of drug-likeness (QED) is 0.738. The summed E-state index contributed by atoms with van der Waals surface area (Å²) in [4.78, 5) is 0. The number of hydrogen-bond acceptors (Lipinski definition) is 2. The van der Waals surface area contributed by atoms with E-state index in [2.05, 4.69) is 6.92 Å². The fourth-order valence-electron chi connectivity index (χ4n) is 0.838. The number of hydrogen-bond donors (Lipinski definition) is 1. The minimum atomic E-state index is 0.144. The van der Waals surface area contributed by atoms with Crippen molar-refractivity contribution in [2.45, 2.75) is 19.4 Å². The van der Waals surface area contributed by atoms with E-state index in [-0.39, 0.29) is 6.04 Å². The fourth-order valence-corrected chi connectivity index (χ4v) is 0.838. The van der Waals surface area contributed by atoms with E-state index in [0.29, 0.717) is 6.61 Å². The molecule has 0 spiro atoms. The second-order valence-electron chi connectivity index (χ2n) is 2.79. The van der Waals surface area contributed by atoms with Gasteiger partial charge in [0.15, 0.2) is 0 Å². The van der Waals surface area contributed by atoms with Gasteiger partial charge in [-0.05, 0) is 18.6 Å². The van der Waals surface area contributed by atoms with Crippen LogP contribution in [0.3, 0.4) is 0 Å². The maximum absolute atomic E-state index is 5.70. The van der Waals surface area contributed by atoms with Crippen molar-refractivity contribution in [3.05, 3.63) is 30.3 Å². The normalized spacial score (nSPS) is 12.5. The highest BCUT2D eigenvalue weighted by Crippen LogP contribution is 2.08. The van der Waals surface area contributed by atoms with Crippen LogP contribution in [0.25, 0.3) is 0 Å². The molecule has 12 heavy (non-hydrogen) atoms. The standard InChI is InChI=1S/C10H15NO/c1-2-9(11)8-12-10-6-4-3-5-7-10/h3-7,9H,2,8,11H2,1H3/t9-/m0/s1. The molecule has 0 heterocycles. The lowest BCUT2D eigenvalue weighted by Gasteiger charge is -2.10. The molecule has 1 rings (SSSR count). The molecule has 0 radical (unpaired) electrons. The lowest BCUT2D eigenvalue weighted by atomic mass is 10.2. The van der Waals surface area contributed by atoms with Crippen molar-refractivity contribution in [1.29, 1.82) is 0 Å². The summed E-state index contributed by atoms with van der Waals surface area (Å²) >= 11 is 0. The predicted molar refractivity (Wildman–Crippen MR) is 50.2 cm³/mol. The van der Waals surface area contributed by atoms with Crippen molar-refractivity contribution >= 4 is 0 Å². The van der Waals surface area contributed by atoms with Gasteiger partial charge in [0.2, 0.25) is 0 Å². The van der Waals surface area contributed by atoms with Gasteiger partial charge in [0.05, 0.1) is 0 Å². The summed E-state index contributed by atoms with van der Waals surface area (Å²) in [6.45, 7) is 2.65. The molecule has 0 saturated carbocycles. The topological polar surface area (TPSA) is 35.2 Å². The first-order valence-corrected chi connectivity index (χ1v) is 4.26. The Labute approximate surface area is 73.3 Å². The summed E-state index contributed by atoms with van der Waals surface area (Å²) in [6.07, 6.45) is 0.951. The average Bonchev–Trinajstić information content (AvgIpc) is 2.16. The zero-order valence-corrected chi connectivity index (χ0v) is 7.36. The molecule has 66 valence electrons. The molecule has 0 amide bonds. The Bertz CT molecular complexity index is 210. The smallest absolute Gasteiger partial charge is 0.119 e. The van der Waals surface area contributed by atoms with Crippen LogP contribution >= 0.6 is 0 Å². The second kappa shape index (κ2) is 4.78. The average molecular weight is 165 g/mol. The van der Waals surface area contributed by atoms with Crippen molar-refractivity contribution in [1.82, 2.24) is 0 Å². The number of ether oxygens (including phenoxy) is 1. The van der Waals surface area contributed by atoms with Crippen LogP contribution < -0.4 is 10.5 Å². The molecule has 0 aliphatic rings. The number of para-hydroxylation sites is 1. The summed E-state index contributed by atoms with van der Waals surface area (Å²) in [5.41, 5.74) is 5.70. The largest absolute Gasteiger partial charge is 0.492 e. The highest BCUT2D eigenvalue weighted by molar-refractivity contribution is 5.20. The van der Waals surface area contributed by atoms with Gasteiger partial charge >= 0.3 is 0 Å². The van der Waals surface area contributed by atoms with Crippen molar-refractivity contribution in [3.63, 3.8) is 0 Å². The maximum Gasteiger partial charge on any atom is 0.119 e. The highest BCUT2D eigenvalue weighted by atomic mass is 16.5. The van der Waals surface area contributed by atoms with E-state index < -0.39 is 0 Å². The summed E-state index contributed by atoms with van der Waals surface area (Å²) in [7, 11) is 0. The molecule has 0 aromatic heterocycles. The summed E-state index contributed by atoms with van der Waals surface area (Å²) in [6, 6.07) is 9.88. The molecule has 2 nitrogen and oxygen atoms in total. The van der Waals surface area contributed by atoms with Crippen LogP contribution in [0.5, 0.6) is 5.75 Å². The molecule has 0 aliphatic heterocycles. The monoisotopic (exact) mass is 165 g/mol. The Morgan fingerprint density at radius 2 is 2.00 bits per heavy atom. The molecule has 2 N–H and O–H groups in total. The summed E-state index contributed by atoms with van der Waals surface area (Å²) in [5.74, 6) is 0.890. The fraction of sp³-hybridized carbons (Fsp3) is 0.400. The van der Waals surface area contributed by atoms with Gasteiger partial charge in [-0.2, -0.15) is 0 Å². The third-order valence-electron chi connectivity index (χ3n) is 1.73. The molecule has 0 fully saturated rings. The zero-order valence-electron chi connectivity index (χ0n) is 7.36. The Balaban J connectivity index is 2.33. The lowest BCUT2D eigenvalue weighted by molar-refractivity contribution is 0.285. The van der Waals surface area contributed by atoms with Crippen molar-refractivity contribution in [2.75, 3.05) is 6.61 Å². The van der Waals surface area contributed by atoms with Crippen LogP contribution in [-0.2, 0) is 0 Å². The van der Waals surface area contributed by atoms with Gasteiger partial charge in [-0.25, -0.2) is 0 Å². The van der Waals surface area contributed by atoms with Crippen LogP contribution in [0.2, 0.25) is 0 Å². The van der Waals surface area contributed by atoms with Gasteiger partial charge in [0.25, 0.3) is 0 Å². The molecule has 0 saturated heterocycles. The molecule has 1 aromatic rings. The third-order valence-corrected chi connectivity index (χ3v) is 1.73. The van der Waals surface area contributed by atoms with Gasteiger partial charge in [0, 0.05) is 6.04 Å². The van der Waals surface area contributed by atoms with Gasteiger partial charge in [-0.3, -0.25) is 0 Å². The molecular formula is C10H15NO. The predicted octanol–water partition coefficient (Wildman–Crippen LogP) is 1.80. The van der Waals surface area contributed by atoms with Gasteiger partial charge in [0.1, 0.15) is 12.4 Å². The van der Waals surface area contributed by atoms with E-state index in [1.165, 1.54) is 0 Å². The highest BCUT2D eigenvalue weighted by Gasteiger charge is 1.98. The maximum atomic E-state index is 5.70. The number of benzene rings is 1. The summed E-state index contributed by atoms with van der Waals surface area (Å²) in [5, 5.41) is 0. The summed E-state index contributed by atoms with van der Waals surface area (Å²) < 4.78 is 5.43. The van der Waals surface area contributed by atoms with Crippen molar-refractivity contribution < 1.29 is 4.74 Å². The molecule has 1 atom stereocenters. The van der Waals surface area contributed by atoms with E-state index in [4.69, 9.17) is 10.5 Å². The molecule has 1 aromatic carbocycles. The second-order valence-corrected chi connectivity index (χ2v) is 2.79. The minimum absolute atomic E-state index is 0.144. The Morgan fingerprint density at radius 3 is 2.58 bits per heavy atom. The molecule has 0 unspecified atom stereocenters. The van der Waals surface area contributed by atoms with Gasteiger partial charge < -0.3 is 10.5 Å².